The fourth-order valence-electron chi connectivity index (χ4n) is 2.02. The Balaban J connectivity index is 1.88. The Hall–Kier alpha value is -1.72. The molecule has 96 valence electrons. The molecule has 0 radical (unpaired) electrons. The summed E-state index contributed by atoms with van der Waals surface area (Å²) in [5.74, 6) is 5.61. The Bertz CT molecular complexity index is 465. The Kier molecular flexibility index (Phi) is 4.44. The molecule has 0 bridgehead atoms. The fraction of sp³-hybridized carbons (Fsp3) is 0.385. The number of pyridine rings is 1. The van der Waals surface area contributed by atoms with Gasteiger partial charge in [0.15, 0.2) is 0 Å². The molecule has 0 aliphatic rings. The topological polar surface area (TPSA) is 68.8 Å². The molecular formula is C13H19N5. The zero-order chi connectivity index (χ0) is 12.8. The maximum absolute atomic E-state index is 5.61. The van der Waals surface area contributed by atoms with E-state index in [0.717, 1.165) is 19.3 Å². The summed E-state index contributed by atoms with van der Waals surface area (Å²) >= 11 is 0. The van der Waals surface area contributed by atoms with Crippen molar-refractivity contribution in [3.05, 3.63) is 48.0 Å². The van der Waals surface area contributed by atoms with Gasteiger partial charge in [-0.2, -0.15) is 5.10 Å². The van der Waals surface area contributed by atoms with Gasteiger partial charge in [0.2, 0.25) is 0 Å². The lowest BCUT2D eigenvalue weighted by atomic mass is 10.0. The van der Waals surface area contributed by atoms with Crippen molar-refractivity contribution in [3.63, 3.8) is 0 Å². The second-order valence-corrected chi connectivity index (χ2v) is 4.41. The van der Waals surface area contributed by atoms with Gasteiger partial charge in [-0.15, -0.1) is 0 Å². The van der Waals surface area contributed by atoms with Crippen LogP contribution in [0.4, 0.5) is 0 Å². The molecule has 3 N–H and O–H groups in total. The summed E-state index contributed by atoms with van der Waals surface area (Å²) < 4.78 is 1.90. The van der Waals surface area contributed by atoms with Crippen LogP contribution in [-0.4, -0.2) is 20.8 Å². The molecule has 0 spiro atoms. The van der Waals surface area contributed by atoms with Crippen molar-refractivity contribution in [2.24, 2.45) is 12.9 Å². The number of aromatic nitrogens is 3. The van der Waals surface area contributed by atoms with Crippen LogP contribution in [0.5, 0.6) is 0 Å². The van der Waals surface area contributed by atoms with Gasteiger partial charge in [0.1, 0.15) is 0 Å². The van der Waals surface area contributed by atoms with E-state index in [-0.39, 0.29) is 6.04 Å². The maximum Gasteiger partial charge on any atom is 0.0492 e. The molecule has 1 atom stereocenters. The van der Waals surface area contributed by atoms with E-state index < -0.39 is 0 Å². The Morgan fingerprint density at radius 1 is 1.28 bits per heavy atom. The van der Waals surface area contributed by atoms with Crippen molar-refractivity contribution in [1.29, 1.82) is 0 Å². The van der Waals surface area contributed by atoms with Gasteiger partial charge in [0, 0.05) is 37.4 Å². The van der Waals surface area contributed by atoms with Crippen molar-refractivity contribution in [2.45, 2.75) is 25.3 Å². The predicted octanol–water partition coefficient (Wildman–Crippen LogP) is 0.822. The van der Waals surface area contributed by atoms with E-state index in [9.17, 15) is 0 Å². The number of hydrazine groups is 1. The molecule has 18 heavy (non-hydrogen) atoms. The lowest BCUT2D eigenvalue weighted by Crippen LogP contribution is -2.37. The average molecular weight is 245 g/mol. The molecule has 0 saturated heterocycles. The molecule has 0 fully saturated rings. The van der Waals surface area contributed by atoms with Gasteiger partial charge in [-0.1, -0.05) is 0 Å². The minimum absolute atomic E-state index is 0.266. The van der Waals surface area contributed by atoms with E-state index >= 15 is 0 Å². The largest absolute Gasteiger partial charge is 0.273 e. The first-order valence-corrected chi connectivity index (χ1v) is 6.11. The van der Waals surface area contributed by atoms with Crippen LogP contribution in [0.15, 0.2) is 36.8 Å². The predicted molar refractivity (Wildman–Crippen MR) is 70.6 cm³/mol. The van der Waals surface area contributed by atoms with Gasteiger partial charge in [-0.25, -0.2) is 0 Å². The number of aryl methyl sites for hydroxylation is 2. The van der Waals surface area contributed by atoms with Gasteiger partial charge < -0.3 is 0 Å². The van der Waals surface area contributed by atoms with Crippen molar-refractivity contribution in [3.8, 4) is 0 Å². The molecule has 1 unspecified atom stereocenters. The van der Waals surface area contributed by atoms with Gasteiger partial charge in [-0.3, -0.25) is 20.9 Å². The first-order chi connectivity index (χ1) is 8.79. The minimum Gasteiger partial charge on any atom is -0.273 e. The van der Waals surface area contributed by atoms with Crippen LogP contribution in [0.2, 0.25) is 0 Å². The average Bonchev–Trinajstić information content (AvgIpc) is 2.81. The summed E-state index contributed by atoms with van der Waals surface area (Å²) in [6.45, 7) is 0. The molecule has 2 aromatic heterocycles. The molecule has 0 saturated carbocycles. The second kappa shape index (κ2) is 6.28. The summed E-state index contributed by atoms with van der Waals surface area (Å²) in [4.78, 5) is 4.01. The molecule has 2 heterocycles. The van der Waals surface area contributed by atoms with Crippen LogP contribution in [0.3, 0.4) is 0 Å². The summed E-state index contributed by atoms with van der Waals surface area (Å²) in [7, 11) is 1.96. The van der Waals surface area contributed by atoms with E-state index in [2.05, 4.69) is 15.5 Å². The first kappa shape index (κ1) is 12.7. The zero-order valence-electron chi connectivity index (χ0n) is 10.6. The van der Waals surface area contributed by atoms with Crippen molar-refractivity contribution >= 4 is 0 Å². The van der Waals surface area contributed by atoms with Crippen LogP contribution >= 0.6 is 0 Å². The van der Waals surface area contributed by atoms with E-state index in [1.165, 1.54) is 11.3 Å². The SMILES string of the molecule is Cn1nccc1CCC(Cc1ccncc1)NN. The fourth-order valence-corrected chi connectivity index (χ4v) is 2.02. The summed E-state index contributed by atoms with van der Waals surface area (Å²) in [6, 6.07) is 6.35. The third-order valence-corrected chi connectivity index (χ3v) is 3.14. The standard InChI is InChI=1S/C13H19N5/c1-18-13(6-9-16-18)3-2-12(17-14)10-11-4-7-15-8-5-11/h4-9,12,17H,2-3,10,14H2,1H3. The molecule has 0 aromatic carbocycles. The first-order valence-electron chi connectivity index (χ1n) is 6.11. The van der Waals surface area contributed by atoms with E-state index in [4.69, 9.17) is 5.84 Å². The van der Waals surface area contributed by atoms with Crippen molar-refractivity contribution < 1.29 is 0 Å². The van der Waals surface area contributed by atoms with Gasteiger partial charge in [-0.05, 0) is 43.0 Å². The number of nitrogens with one attached hydrogen (secondary N) is 1. The van der Waals surface area contributed by atoms with E-state index in [0.29, 0.717) is 0 Å². The molecule has 2 rings (SSSR count). The zero-order valence-corrected chi connectivity index (χ0v) is 10.6. The summed E-state index contributed by atoms with van der Waals surface area (Å²) in [5, 5.41) is 4.16. The third-order valence-electron chi connectivity index (χ3n) is 3.14. The summed E-state index contributed by atoms with van der Waals surface area (Å²) in [6.07, 6.45) is 8.31. The Morgan fingerprint density at radius 3 is 2.67 bits per heavy atom. The normalized spacial score (nSPS) is 12.6. The molecule has 5 heteroatoms. The lowest BCUT2D eigenvalue weighted by Gasteiger charge is -2.15. The van der Waals surface area contributed by atoms with Gasteiger partial charge in [0.05, 0.1) is 0 Å². The molecule has 0 aliphatic heterocycles. The molecule has 5 nitrogen and oxygen atoms in total. The number of nitrogens with zero attached hydrogens (tertiary/aromatic N) is 3. The highest BCUT2D eigenvalue weighted by Crippen LogP contribution is 2.08. The maximum atomic E-state index is 5.61. The molecular weight excluding hydrogens is 226 g/mol. The minimum atomic E-state index is 0.266. The highest BCUT2D eigenvalue weighted by atomic mass is 15.3. The van der Waals surface area contributed by atoms with Crippen LogP contribution in [-0.2, 0) is 19.9 Å². The Labute approximate surface area is 107 Å². The van der Waals surface area contributed by atoms with E-state index in [1.807, 2.05) is 48.5 Å². The van der Waals surface area contributed by atoms with Crippen molar-refractivity contribution in [2.75, 3.05) is 0 Å². The highest BCUT2D eigenvalue weighted by Gasteiger charge is 2.09. The smallest absolute Gasteiger partial charge is 0.0492 e. The molecule has 2 aromatic rings. The summed E-state index contributed by atoms with van der Waals surface area (Å²) in [5.41, 5.74) is 5.36. The number of hydrogen-bond donors (Lipinski definition) is 2. The van der Waals surface area contributed by atoms with Crippen LogP contribution in [0.25, 0.3) is 0 Å². The van der Waals surface area contributed by atoms with Gasteiger partial charge in [0.25, 0.3) is 0 Å². The number of hydrogen-bond acceptors (Lipinski definition) is 4. The number of rotatable bonds is 6. The third kappa shape index (κ3) is 3.38. The van der Waals surface area contributed by atoms with Gasteiger partial charge >= 0.3 is 0 Å². The van der Waals surface area contributed by atoms with Crippen LogP contribution in [0, 0.1) is 0 Å². The second-order valence-electron chi connectivity index (χ2n) is 4.41. The van der Waals surface area contributed by atoms with Crippen LogP contribution in [0.1, 0.15) is 17.7 Å². The van der Waals surface area contributed by atoms with Crippen molar-refractivity contribution in [1.82, 2.24) is 20.2 Å². The Morgan fingerprint density at radius 2 is 2.06 bits per heavy atom. The van der Waals surface area contributed by atoms with Crippen LogP contribution < -0.4 is 11.3 Å². The lowest BCUT2D eigenvalue weighted by molar-refractivity contribution is 0.484. The molecule has 0 aliphatic carbocycles. The molecule has 0 amide bonds. The highest BCUT2D eigenvalue weighted by molar-refractivity contribution is 5.11. The van der Waals surface area contributed by atoms with E-state index in [1.54, 1.807) is 0 Å². The monoisotopic (exact) mass is 245 g/mol. The quantitative estimate of drug-likeness (QED) is 0.584. The number of nitrogens with two attached hydrogens (primary N) is 1.